The summed E-state index contributed by atoms with van der Waals surface area (Å²) < 4.78 is 4.89. The van der Waals surface area contributed by atoms with E-state index in [2.05, 4.69) is 17.2 Å². The molecule has 0 aliphatic heterocycles. The molecule has 5 heteroatoms. The maximum absolute atomic E-state index is 11.4. The van der Waals surface area contributed by atoms with E-state index in [0.29, 0.717) is 13.2 Å². The predicted octanol–water partition coefficient (Wildman–Crippen LogP) is -0.726. The van der Waals surface area contributed by atoms with E-state index in [1.165, 1.54) is 0 Å². The van der Waals surface area contributed by atoms with Gasteiger partial charge in [0.1, 0.15) is 0 Å². The van der Waals surface area contributed by atoms with Gasteiger partial charge in [-0.15, -0.1) is 6.58 Å². The molecule has 0 aromatic rings. The Balaban J connectivity index is 3.91. The lowest BCUT2D eigenvalue weighted by Gasteiger charge is -2.20. The number of nitrogens with one attached hydrogen (secondary N) is 2. The zero-order valence-corrected chi connectivity index (χ0v) is 9.32. The first kappa shape index (κ1) is 14.1. The normalized spacial score (nSPS) is 14.3. The number of amides is 1. The van der Waals surface area contributed by atoms with Gasteiger partial charge in [0.05, 0.1) is 25.3 Å². The minimum absolute atomic E-state index is 0.0626. The monoisotopic (exact) mass is 216 g/mol. The van der Waals surface area contributed by atoms with E-state index in [0.717, 1.165) is 0 Å². The zero-order valence-electron chi connectivity index (χ0n) is 9.32. The molecular weight excluding hydrogens is 196 g/mol. The highest BCUT2D eigenvalue weighted by Gasteiger charge is 2.16. The molecule has 0 heterocycles. The molecule has 0 aromatic heterocycles. The topological polar surface area (TPSA) is 70.6 Å². The Morgan fingerprint density at radius 2 is 2.33 bits per heavy atom. The number of ether oxygens (including phenoxy) is 1. The van der Waals surface area contributed by atoms with E-state index < -0.39 is 0 Å². The molecule has 0 fully saturated rings. The van der Waals surface area contributed by atoms with Gasteiger partial charge < -0.3 is 15.2 Å². The first-order chi connectivity index (χ1) is 7.15. The highest BCUT2D eigenvalue weighted by Crippen LogP contribution is 1.89. The summed E-state index contributed by atoms with van der Waals surface area (Å²) in [6.45, 7) is 5.99. The van der Waals surface area contributed by atoms with Gasteiger partial charge in [-0.1, -0.05) is 6.08 Å². The van der Waals surface area contributed by atoms with Gasteiger partial charge in [-0.2, -0.15) is 0 Å². The fraction of sp³-hybridized carbons (Fsp3) is 0.700. The van der Waals surface area contributed by atoms with Crippen LogP contribution in [0, 0.1) is 0 Å². The molecule has 2 unspecified atom stereocenters. The Kier molecular flexibility index (Phi) is 7.89. The molecule has 1 amide bonds. The van der Waals surface area contributed by atoms with E-state index in [1.807, 2.05) is 0 Å². The van der Waals surface area contributed by atoms with Gasteiger partial charge in [0.25, 0.3) is 0 Å². The summed E-state index contributed by atoms with van der Waals surface area (Å²) in [6.07, 6.45) is 1.61. The van der Waals surface area contributed by atoms with Gasteiger partial charge >= 0.3 is 0 Å². The van der Waals surface area contributed by atoms with E-state index in [9.17, 15) is 4.79 Å². The van der Waals surface area contributed by atoms with Crippen molar-refractivity contribution >= 4 is 5.91 Å². The third-order valence-electron chi connectivity index (χ3n) is 1.89. The molecule has 0 spiro atoms. The summed E-state index contributed by atoms with van der Waals surface area (Å²) in [4.78, 5) is 11.4. The van der Waals surface area contributed by atoms with Crippen molar-refractivity contribution in [3.63, 3.8) is 0 Å². The predicted molar refractivity (Wildman–Crippen MR) is 58.6 cm³/mol. The Hall–Kier alpha value is -0.910. The molecule has 0 aromatic carbocycles. The average molecular weight is 216 g/mol. The molecule has 15 heavy (non-hydrogen) atoms. The summed E-state index contributed by atoms with van der Waals surface area (Å²) in [7, 11) is 1.55. The van der Waals surface area contributed by atoms with Crippen LogP contribution < -0.4 is 10.6 Å². The van der Waals surface area contributed by atoms with Gasteiger partial charge in [-0.25, -0.2) is 0 Å². The molecule has 0 rings (SSSR count). The number of hydrogen-bond acceptors (Lipinski definition) is 4. The zero-order chi connectivity index (χ0) is 11.7. The third kappa shape index (κ3) is 6.22. The van der Waals surface area contributed by atoms with E-state index in [-0.39, 0.29) is 24.6 Å². The maximum Gasteiger partial charge on any atom is 0.237 e. The van der Waals surface area contributed by atoms with Crippen LogP contribution in [-0.2, 0) is 9.53 Å². The van der Waals surface area contributed by atoms with Crippen molar-refractivity contribution in [2.24, 2.45) is 0 Å². The van der Waals surface area contributed by atoms with Crippen molar-refractivity contribution in [2.45, 2.75) is 19.0 Å². The molecule has 0 aliphatic rings. The summed E-state index contributed by atoms with van der Waals surface area (Å²) in [5.41, 5.74) is 0. The van der Waals surface area contributed by atoms with E-state index in [1.54, 1.807) is 20.1 Å². The Bertz CT molecular complexity index is 197. The molecular formula is C10H20N2O3. The summed E-state index contributed by atoms with van der Waals surface area (Å²) in [5, 5.41) is 14.6. The smallest absolute Gasteiger partial charge is 0.237 e. The number of carbonyl (C=O) groups excluding carboxylic acids is 1. The van der Waals surface area contributed by atoms with Gasteiger partial charge in [0.2, 0.25) is 5.91 Å². The van der Waals surface area contributed by atoms with Crippen LogP contribution in [0.3, 0.4) is 0 Å². The number of methoxy groups -OCH3 is 1. The SMILES string of the molecule is C=CCNC(=O)C(C)NC(CO)COC. The molecule has 0 aliphatic carbocycles. The van der Waals surface area contributed by atoms with Crippen LogP contribution in [0.5, 0.6) is 0 Å². The first-order valence-corrected chi connectivity index (χ1v) is 4.90. The fourth-order valence-electron chi connectivity index (χ4n) is 1.11. The number of hydrogen-bond donors (Lipinski definition) is 3. The third-order valence-corrected chi connectivity index (χ3v) is 1.89. The van der Waals surface area contributed by atoms with Crippen LogP contribution in [0.1, 0.15) is 6.92 Å². The van der Waals surface area contributed by atoms with Crippen LogP contribution in [-0.4, -0.2) is 50.0 Å². The van der Waals surface area contributed by atoms with Crippen molar-refractivity contribution < 1.29 is 14.6 Å². The number of carbonyl (C=O) groups is 1. The molecule has 2 atom stereocenters. The fourth-order valence-corrected chi connectivity index (χ4v) is 1.11. The second kappa shape index (κ2) is 8.40. The Morgan fingerprint density at radius 3 is 2.80 bits per heavy atom. The van der Waals surface area contributed by atoms with Crippen LogP contribution in [0.4, 0.5) is 0 Å². The van der Waals surface area contributed by atoms with Crippen molar-refractivity contribution in [2.75, 3.05) is 26.9 Å². The van der Waals surface area contributed by atoms with Crippen molar-refractivity contribution in [1.82, 2.24) is 10.6 Å². The minimum Gasteiger partial charge on any atom is -0.395 e. The first-order valence-electron chi connectivity index (χ1n) is 4.90. The number of rotatable bonds is 8. The minimum atomic E-state index is -0.364. The average Bonchev–Trinajstić information content (AvgIpc) is 2.24. The number of aliphatic hydroxyl groups is 1. The molecule has 0 radical (unpaired) electrons. The standard InChI is InChI=1S/C10H20N2O3/c1-4-5-11-10(14)8(2)12-9(6-13)7-15-3/h4,8-9,12-13H,1,5-7H2,2-3H3,(H,11,14). The highest BCUT2D eigenvalue weighted by molar-refractivity contribution is 5.81. The van der Waals surface area contributed by atoms with Gasteiger partial charge in [0.15, 0.2) is 0 Å². The second-order valence-corrected chi connectivity index (χ2v) is 3.26. The highest BCUT2D eigenvalue weighted by atomic mass is 16.5. The number of aliphatic hydroxyl groups excluding tert-OH is 1. The van der Waals surface area contributed by atoms with Gasteiger partial charge in [-0.3, -0.25) is 10.1 Å². The van der Waals surface area contributed by atoms with Crippen molar-refractivity contribution in [3.8, 4) is 0 Å². The molecule has 3 N–H and O–H groups in total. The quantitative estimate of drug-likeness (QED) is 0.468. The van der Waals surface area contributed by atoms with Crippen molar-refractivity contribution in [3.05, 3.63) is 12.7 Å². The van der Waals surface area contributed by atoms with Crippen LogP contribution >= 0.6 is 0 Å². The van der Waals surface area contributed by atoms with Gasteiger partial charge in [-0.05, 0) is 6.92 Å². The molecule has 0 saturated heterocycles. The second-order valence-electron chi connectivity index (χ2n) is 3.26. The van der Waals surface area contributed by atoms with Crippen molar-refractivity contribution in [1.29, 1.82) is 0 Å². The molecule has 5 nitrogen and oxygen atoms in total. The lowest BCUT2D eigenvalue weighted by Crippen LogP contribution is -2.49. The molecule has 0 bridgehead atoms. The van der Waals surface area contributed by atoms with Crippen LogP contribution in [0.2, 0.25) is 0 Å². The lowest BCUT2D eigenvalue weighted by atomic mass is 10.2. The Labute approximate surface area is 90.5 Å². The summed E-state index contributed by atoms with van der Waals surface area (Å²) in [5.74, 6) is -0.121. The van der Waals surface area contributed by atoms with Crippen LogP contribution in [0.15, 0.2) is 12.7 Å². The van der Waals surface area contributed by atoms with E-state index in [4.69, 9.17) is 9.84 Å². The molecule has 88 valence electrons. The van der Waals surface area contributed by atoms with E-state index >= 15 is 0 Å². The summed E-state index contributed by atoms with van der Waals surface area (Å²) in [6, 6.07) is -0.586. The van der Waals surface area contributed by atoms with Gasteiger partial charge in [0, 0.05) is 13.7 Å². The van der Waals surface area contributed by atoms with Crippen LogP contribution in [0.25, 0.3) is 0 Å². The Morgan fingerprint density at radius 1 is 1.67 bits per heavy atom. The summed E-state index contributed by atoms with van der Waals surface area (Å²) >= 11 is 0. The molecule has 0 saturated carbocycles. The largest absolute Gasteiger partial charge is 0.395 e. The maximum atomic E-state index is 11.4. The lowest BCUT2D eigenvalue weighted by molar-refractivity contribution is -0.122.